The van der Waals surface area contributed by atoms with E-state index in [4.69, 9.17) is 4.74 Å². The summed E-state index contributed by atoms with van der Waals surface area (Å²) in [4.78, 5) is 14.8. The van der Waals surface area contributed by atoms with Crippen LogP contribution in [0.15, 0.2) is 42.5 Å². The third-order valence-corrected chi connectivity index (χ3v) is 4.01. The third kappa shape index (κ3) is 2.50. The molecule has 0 fully saturated rings. The lowest BCUT2D eigenvalue weighted by molar-refractivity contribution is -0.152. The molecular formula is C17H23NO2. The third-order valence-electron chi connectivity index (χ3n) is 4.01. The summed E-state index contributed by atoms with van der Waals surface area (Å²) in [5.74, 6) is -0.116. The molecule has 0 spiro atoms. The van der Waals surface area contributed by atoms with E-state index in [-0.39, 0.29) is 12.0 Å². The van der Waals surface area contributed by atoms with Crippen LogP contribution in [0.3, 0.4) is 0 Å². The standard InChI is InChI=1S/C17H23NO2/c1-4-20-16(19)17(14-10-6-5-7-11-14)13-9-8-12-15(17)18(2)3/h5-8,10-12,15H,4,9,13H2,1-3H3/t15-,17?/m1/s1. The minimum absolute atomic E-state index is 0.0256. The number of carbonyl (C=O) groups is 1. The van der Waals surface area contributed by atoms with Gasteiger partial charge >= 0.3 is 5.97 Å². The Morgan fingerprint density at radius 2 is 2.05 bits per heavy atom. The van der Waals surface area contributed by atoms with E-state index in [1.807, 2.05) is 51.4 Å². The highest BCUT2D eigenvalue weighted by atomic mass is 16.5. The molecule has 1 aromatic carbocycles. The Morgan fingerprint density at radius 3 is 2.65 bits per heavy atom. The van der Waals surface area contributed by atoms with Gasteiger partial charge in [-0.15, -0.1) is 0 Å². The van der Waals surface area contributed by atoms with Gasteiger partial charge in [-0.1, -0.05) is 42.5 Å². The molecule has 0 bridgehead atoms. The van der Waals surface area contributed by atoms with Crippen molar-refractivity contribution in [2.45, 2.75) is 31.2 Å². The van der Waals surface area contributed by atoms with Gasteiger partial charge in [-0.05, 0) is 39.4 Å². The van der Waals surface area contributed by atoms with Crippen LogP contribution in [0.2, 0.25) is 0 Å². The van der Waals surface area contributed by atoms with Gasteiger partial charge in [0.2, 0.25) is 0 Å². The molecule has 0 saturated heterocycles. The Hall–Kier alpha value is -1.61. The molecule has 3 nitrogen and oxygen atoms in total. The summed E-state index contributed by atoms with van der Waals surface area (Å²) in [7, 11) is 4.02. The Kier molecular flexibility index (Phi) is 4.61. The maximum Gasteiger partial charge on any atom is 0.318 e. The molecule has 0 N–H and O–H groups in total. The van der Waals surface area contributed by atoms with Crippen molar-refractivity contribution in [2.24, 2.45) is 0 Å². The smallest absolute Gasteiger partial charge is 0.318 e. The molecule has 108 valence electrons. The minimum atomic E-state index is -0.602. The van der Waals surface area contributed by atoms with Gasteiger partial charge in [0.25, 0.3) is 0 Å². The zero-order valence-electron chi connectivity index (χ0n) is 12.5. The van der Waals surface area contributed by atoms with Crippen molar-refractivity contribution in [1.82, 2.24) is 4.90 Å². The molecule has 0 heterocycles. The molecular weight excluding hydrogens is 250 g/mol. The van der Waals surface area contributed by atoms with E-state index in [0.717, 1.165) is 18.4 Å². The van der Waals surface area contributed by atoms with Crippen LogP contribution in [0.1, 0.15) is 25.3 Å². The molecule has 2 atom stereocenters. The highest BCUT2D eigenvalue weighted by Gasteiger charge is 2.49. The largest absolute Gasteiger partial charge is 0.465 e. The molecule has 3 heteroatoms. The van der Waals surface area contributed by atoms with E-state index >= 15 is 0 Å². The normalized spacial score (nSPS) is 25.7. The quantitative estimate of drug-likeness (QED) is 0.624. The maximum atomic E-state index is 12.8. The average Bonchev–Trinajstić information content (AvgIpc) is 2.48. The monoisotopic (exact) mass is 273 g/mol. The van der Waals surface area contributed by atoms with Crippen LogP contribution >= 0.6 is 0 Å². The number of rotatable bonds is 4. The van der Waals surface area contributed by atoms with Crippen molar-refractivity contribution in [1.29, 1.82) is 0 Å². The van der Waals surface area contributed by atoms with Gasteiger partial charge in [0.1, 0.15) is 5.41 Å². The van der Waals surface area contributed by atoms with Crippen molar-refractivity contribution in [3.63, 3.8) is 0 Å². The number of ether oxygens (including phenoxy) is 1. The molecule has 1 aliphatic rings. The van der Waals surface area contributed by atoms with E-state index in [2.05, 4.69) is 17.1 Å². The van der Waals surface area contributed by atoms with Crippen molar-refractivity contribution < 1.29 is 9.53 Å². The first-order chi connectivity index (χ1) is 9.63. The van der Waals surface area contributed by atoms with Gasteiger partial charge in [0.15, 0.2) is 0 Å². The second-order valence-electron chi connectivity index (χ2n) is 5.43. The van der Waals surface area contributed by atoms with Crippen molar-refractivity contribution in [2.75, 3.05) is 20.7 Å². The molecule has 0 radical (unpaired) electrons. The van der Waals surface area contributed by atoms with Crippen molar-refractivity contribution >= 4 is 5.97 Å². The minimum Gasteiger partial charge on any atom is -0.465 e. The summed E-state index contributed by atoms with van der Waals surface area (Å²) in [5, 5.41) is 0. The summed E-state index contributed by atoms with van der Waals surface area (Å²) in [6.07, 6.45) is 5.98. The van der Waals surface area contributed by atoms with E-state index in [9.17, 15) is 4.79 Å². The summed E-state index contributed by atoms with van der Waals surface area (Å²) >= 11 is 0. The first-order valence-corrected chi connectivity index (χ1v) is 7.18. The van der Waals surface area contributed by atoms with Crippen LogP contribution in [0.4, 0.5) is 0 Å². The first kappa shape index (κ1) is 14.8. The van der Waals surface area contributed by atoms with Gasteiger partial charge in [0.05, 0.1) is 6.61 Å². The number of benzene rings is 1. The highest BCUT2D eigenvalue weighted by Crippen LogP contribution is 2.40. The Morgan fingerprint density at radius 1 is 1.35 bits per heavy atom. The number of likely N-dealkylation sites (N-methyl/N-ethyl adjacent to an activating group) is 1. The number of carbonyl (C=O) groups excluding carboxylic acids is 1. The topological polar surface area (TPSA) is 29.5 Å². The van der Waals surface area contributed by atoms with E-state index in [0.29, 0.717) is 6.61 Å². The lowest BCUT2D eigenvalue weighted by Gasteiger charge is -2.42. The van der Waals surface area contributed by atoms with Gasteiger partial charge < -0.3 is 9.64 Å². The summed E-state index contributed by atoms with van der Waals surface area (Å²) < 4.78 is 5.42. The maximum absolute atomic E-state index is 12.8. The molecule has 1 aromatic rings. The lowest BCUT2D eigenvalue weighted by Crippen LogP contribution is -2.54. The average molecular weight is 273 g/mol. The predicted octanol–water partition coefficient (Wildman–Crippen LogP) is 2.77. The van der Waals surface area contributed by atoms with Crippen molar-refractivity contribution in [3.8, 4) is 0 Å². The molecule has 0 aromatic heterocycles. The van der Waals surface area contributed by atoms with Crippen LogP contribution in [0, 0.1) is 0 Å². The van der Waals surface area contributed by atoms with Crippen LogP contribution in [0.25, 0.3) is 0 Å². The van der Waals surface area contributed by atoms with Crippen LogP contribution in [0.5, 0.6) is 0 Å². The van der Waals surface area contributed by atoms with Crippen LogP contribution in [-0.4, -0.2) is 37.6 Å². The van der Waals surface area contributed by atoms with Gasteiger partial charge in [-0.2, -0.15) is 0 Å². The first-order valence-electron chi connectivity index (χ1n) is 7.18. The fourth-order valence-corrected chi connectivity index (χ4v) is 3.11. The fraction of sp³-hybridized carbons (Fsp3) is 0.471. The molecule has 1 unspecified atom stereocenters. The summed E-state index contributed by atoms with van der Waals surface area (Å²) in [6.45, 7) is 2.28. The van der Waals surface area contributed by atoms with E-state index in [1.54, 1.807) is 0 Å². The van der Waals surface area contributed by atoms with E-state index in [1.165, 1.54) is 0 Å². The number of hydrogen-bond donors (Lipinski definition) is 0. The zero-order valence-corrected chi connectivity index (χ0v) is 12.5. The zero-order chi connectivity index (χ0) is 14.6. The number of esters is 1. The lowest BCUT2D eigenvalue weighted by atomic mass is 9.68. The summed E-state index contributed by atoms with van der Waals surface area (Å²) in [5.41, 5.74) is 0.441. The van der Waals surface area contributed by atoms with Gasteiger partial charge in [-0.3, -0.25) is 4.79 Å². The van der Waals surface area contributed by atoms with Crippen LogP contribution in [-0.2, 0) is 14.9 Å². The van der Waals surface area contributed by atoms with E-state index < -0.39 is 5.41 Å². The SMILES string of the molecule is CCOC(=O)C1(c2ccccc2)CCC=C[C@H]1N(C)C. The second kappa shape index (κ2) is 6.23. The number of allylic oxidation sites excluding steroid dienone is 1. The van der Waals surface area contributed by atoms with Crippen LogP contribution < -0.4 is 0 Å². The highest BCUT2D eigenvalue weighted by molar-refractivity contribution is 5.85. The molecule has 0 amide bonds. The Balaban J connectivity index is 2.54. The van der Waals surface area contributed by atoms with Crippen molar-refractivity contribution in [3.05, 3.63) is 48.0 Å². The number of hydrogen-bond acceptors (Lipinski definition) is 3. The number of nitrogens with zero attached hydrogens (tertiary/aromatic N) is 1. The second-order valence-corrected chi connectivity index (χ2v) is 5.43. The molecule has 1 aliphatic carbocycles. The van der Waals surface area contributed by atoms with Gasteiger partial charge in [-0.25, -0.2) is 0 Å². The molecule has 0 saturated carbocycles. The summed E-state index contributed by atoms with van der Waals surface area (Å²) in [6, 6.07) is 10.0. The fourth-order valence-electron chi connectivity index (χ4n) is 3.11. The predicted molar refractivity (Wildman–Crippen MR) is 80.6 cm³/mol. The molecule has 20 heavy (non-hydrogen) atoms. The molecule has 2 rings (SSSR count). The van der Waals surface area contributed by atoms with Gasteiger partial charge in [0, 0.05) is 6.04 Å². The Labute approximate surface area is 121 Å². The molecule has 0 aliphatic heterocycles. The Bertz CT molecular complexity index is 481.